The lowest BCUT2D eigenvalue weighted by Gasteiger charge is -2.38. The molecule has 0 spiro atoms. The van der Waals surface area contributed by atoms with Gasteiger partial charge in [-0.2, -0.15) is 0 Å². The summed E-state index contributed by atoms with van der Waals surface area (Å²) in [5.74, 6) is -1.63. The molecule has 0 saturated carbocycles. The third-order valence-corrected chi connectivity index (χ3v) is 8.45. The number of amides is 2. The number of nitrogens with one attached hydrogen (secondary N) is 2. The van der Waals surface area contributed by atoms with E-state index in [-0.39, 0.29) is 36.4 Å². The first kappa shape index (κ1) is 38.3. The number of fused-ring (bicyclic) bond motifs is 1. The van der Waals surface area contributed by atoms with Crippen molar-refractivity contribution in [2.45, 2.75) is 117 Å². The number of nitrogens with zero attached hydrogens (tertiary/aromatic N) is 1. The summed E-state index contributed by atoms with van der Waals surface area (Å²) in [6.07, 6.45) is -0.176. The first-order chi connectivity index (χ1) is 21.2. The van der Waals surface area contributed by atoms with Crippen molar-refractivity contribution in [3.05, 3.63) is 42.5 Å². The number of carbonyl (C=O) groups excluding carboxylic acids is 3. The Morgan fingerprint density at radius 2 is 1.58 bits per heavy atom. The van der Waals surface area contributed by atoms with Crippen molar-refractivity contribution in [3.8, 4) is 0 Å². The Kier molecular flexibility index (Phi) is 15.1. The van der Waals surface area contributed by atoms with Crippen molar-refractivity contribution in [2.75, 3.05) is 18.5 Å². The molecule has 6 atom stereocenters. The first-order valence-electron chi connectivity index (χ1n) is 16.6. The molecule has 9 nitrogen and oxygen atoms in total. The smallest absolute Gasteiger partial charge is 0.244 e. The van der Waals surface area contributed by atoms with Gasteiger partial charge in [0.2, 0.25) is 11.8 Å². The van der Waals surface area contributed by atoms with Gasteiger partial charge in [-0.3, -0.25) is 19.3 Å². The van der Waals surface area contributed by atoms with E-state index in [4.69, 9.17) is 5.73 Å². The zero-order valence-electron chi connectivity index (χ0n) is 28.7. The highest BCUT2D eigenvalue weighted by Crippen LogP contribution is 2.34. The second kappa shape index (κ2) is 17.7. The molecular formula is C36H58N4O5. The Morgan fingerprint density at radius 3 is 2.16 bits per heavy atom. The summed E-state index contributed by atoms with van der Waals surface area (Å²) in [5.41, 5.74) is 5.70. The summed E-state index contributed by atoms with van der Waals surface area (Å²) in [5, 5.41) is 29.8. The number of aliphatic hydroxyl groups is 2. The van der Waals surface area contributed by atoms with Crippen LogP contribution in [-0.2, 0) is 14.4 Å². The van der Waals surface area contributed by atoms with Gasteiger partial charge in [0.15, 0.2) is 5.78 Å². The molecule has 0 aliphatic rings. The molecule has 2 amide bonds. The average molecular weight is 627 g/mol. The number of anilines is 1. The Hall–Kier alpha value is -2.85. The summed E-state index contributed by atoms with van der Waals surface area (Å²) in [6.45, 7) is 13.6. The molecule has 45 heavy (non-hydrogen) atoms. The van der Waals surface area contributed by atoms with Crippen LogP contribution in [0, 0.1) is 17.8 Å². The monoisotopic (exact) mass is 626 g/mol. The van der Waals surface area contributed by atoms with Gasteiger partial charge >= 0.3 is 0 Å². The number of rotatable bonds is 19. The van der Waals surface area contributed by atoms with Gasteiger partial charge in [-0.1, -0.05) is 83.9 Å². The first-order valence-corrected chi connectivity index (χ1v) is 16.6. The van der Waals surface area contributed by atoms with E-state index in [1.165, 1.54) is 0 Å². The van der Waals surface area contributed by atoms with Crippen LogP contribution in [0.1, 0.15) is 87.0 Å². The van der Waals surface area contributed by atoms with Crippen molar-refractivity contribution in [1.82, 2.24) is 10.6 Å². The van der Waals surface area contributed by atoms with E-state index in [2.05, 4.69) is 10.6 Å². The van der Waals surface area contributed by atoms with E-state index in [1.807, 2.05) is 77.1 Å². The number of likely N-dealkylation sites (N-methyl/N-ethyl adjacent to an activating group) is 1. The van der Waals surface area contributed by atoms with Gasteiger partial charge in [0.05, 0.1) is 30.0 Å². The molecule has 0 saturated heterocycles. The minimum absolute atomic E-state index is 0.0390. The number of carbonyl (C=O) groups is 3. The highest BCUT2D eigenvalue weighted by Gasteiger charge is 2.44. The number of nitrogens with two attached hydrogens (primary N) is 1. The topological polar surface area (TPSA) is 145 Å². The molecule has 2 unspecified atom stereocenters. The number of hydrogen-bond acceptors (Lipinski definition) is 7. The lowest BCUT2D eigenvalue weighted by atomic mass is 9.77. The van der Waals surface area contributed by atoms with Gasteiger partial charge < -0.3 is 26.6 Å². The van der Waals surface area contributed by atoms with Crippen LogP contribution in [-0.4, -0.2) is 71.2 Å². The van der Waals surface area contributed by atoms with Gasteiger partial charge in [0.25, 0.3) is 0 Å². The van der Waals surface area contributed by atoms with Crippen LogP contribution in [0.15, 0.2) is 42.5 Å². The van der Waals surface area contributed by atoms with Crippen LogP contribution in [0.4, 0.5) is 5.69 Å². The van der Waals surface area contributed by atoms with Crippen LogP contribution in [0.2, 0.25) is 0 Å². The Balaban J connectivity index is 2.66. The predicted molar refractivity (Wildman–Crippen MR) is 183 cm³/mol. The average Bonchev–Trinajstić information content (AvgIpc) is 2.98. The van der Waals surface area contributed by atoms with Crippen LogP contribution in [0.5, 0.6) is 0 Å². The molecule has 6 N–H and O–H groups in total. The largest absolute Gasteiger partial charge is 0.393 e. The van der Waals surface area contributed by atoms with Crippen LogP contribution in [0.25, 0.3) is 10.8 Å². The highest BCUT2D eigenvalue weighted by atomic mass is 16.3. The number of unbranched alkanes of at least 4 members (excludes halogenated alkanes) is 1. The molecule has 0 heterocycles. The minimum atomic E-state index is -1.59. The lowest BCUT2D eigenvalue weighted by molar-refractivity contribution is -0.135. The van der Waals surface area contributed by atoms with E-state index < -0.39 is 41.7 Å². The van der Waals surface area contributed by atoms with E-state index >= 15 is 0 Å². The quantitative estimate of drug-likeness (QED) is 0.154. The third kappa shape index (κ3) is 10.6. The van der Waals surface area contributed by atoms with E-state index in [0.717, 1.165) is 17.2 Å². The normalized spacial score (nSPS) is 16.6. The molecular weight excluding hydrogens is 568 g/mol. The maximum atomic E-state index is 14.8. The maximum absolute atomic E-state index is 14.8. The number of ketones is 1. The fraction of sp³-hybridized carbons (Fsp3) is 0.639. The summed E-state index contributed by atoms with van der Waals surface area (Å²) >= 11 is 0. The van der Waals surface area contributed by atoms with Crippen LogP contribution < -0.4 is 21.3 Å². The molecule has 9 heteroatoms. The zero-order valence-corrected chi connectivity index (χ0v) is 28.7. The summed E-state index contributed by atoms with van der Waals surface area (Å²) < 4.78 is 0. The third-order valence-electron chi connectivity index (χ3n) is 8.45. The molecule has 0 radical (unpaired) electrons. The molecule has 0 aliphatic heterocycles. The molecule has 2 rings (SSSR count). The SMILES string of the molecule is CCCC[C@@H](C(=O)[C@@H](CC(C)C)[C@H](O)CC(N)(CC(C)O)C(=O)NCC(C)C)N(C(=O)[C@H](C)NC)c1cccc2ccccc12. The fourth-order valence-corrected chi connectivity index (χ4v) is 5.99. The van der Waals surface area contributed by atoms with Crippen molar-refractivity contribution in [2.24, 2.45) is 23.5 Å². The molecule has 0 bridgehead atoms. The molecule has 2 aromatic rings. The molecule has 0 aromatic heterocycles. The molecule has 252 valence electrons. The Bertz CT molecular complexity index is 1240. The standard InChI is InChI=1S/C36H58N4O5/c1-9-10-17-31(40(34(44)26(7)38-8)30-18-13-15-27-14-11-12-16-28(27)30)33(43)29(19-23(2)3)32(42)21-36(37,20-25(6)41)35(45)39-22-24(4)5/h11-16,18,23-26,29,31-32,38,41-42H,9-10,17,19-22,37H2,1-8H3,(H,39,45)/t25?,26-,29-,31-,32+,36?/m0/s1. The van der Waals surface area contributed by atoms with Crippen molar-refractivity contribution in [3.63, 3.8) is 0 Å². The van der Waals surface area contributed by atoms with Crippen LogP contribution in [0.3, 0.4) is 0 Å². The predicted octanol–water partition coefficient (Wildman–Crippen LogP) is 4.56. The molecule has 0 fully saturated rings. The van der Waals surface area contributed by atoms with E-state index in [1.54, 1.807) is 25.8 Å². The van der Waals surface area contributed by atoms with Crippen molar-refractivity contribution < 1.29 is 24.6 Å². The van der Waals surface area contributed by atoms with E-state index in [0.29, 0.717) is 31.5 Å². The van der Waals surface area contributed by atoms with Gasteiger partial charge in [-0.15, -0.1) is 0 Å². The van der Waals surface area contributed by atoms with Gasteiger partial charge in [-0.05, 0) is 57.0 Å². The minimum Gasteiger partial charge on any atom is -0.393 e. The number of hydrogen-bond donors (Lipinski definition) is 5. The lowest BCUT2D eigenvalue weighted by Crippen LogP contribution is -2.59. The zero-order chi connectivity index (χ0) is 33.9. The van der Waals surface area contributed by atoms with Crippen LogP contribution >= 0.6 is 0 Å². The Morgan fingerprint density at radius 1 is 0.933 bits per heavy atom. The highest BCUT2D eigenvalue weighted by molar-refractivity contribution is 6.09. The van der Waals surface area contributed by atoms with Gasteiger partial charge in [0, 0.05) is 30.7 Å². The maximum Gasteiger partial charge on any atom is 0.244 e. The summed E-state index contributed by atoms with van der Waals surface area (Å²) in [6, 6.07) is 12.1. The Labute approximate surface area is 270 Å². The van der Waals surface area contributed by atoms with Crippen molar-refractivity contribution in [1.29, 1.82) is 0 Å². The number of Topliss-reactive ketones (excluding diaryl/α,β-unsaturated/α-hetero) is 1. The number of benzene rings is 2. The van der Waals surface area contributed by atoms with Crippen molar-refractivity contribution >= 4 is 34.1 Å². The second-order valence-electron chi connectivity index (χ2n) is 13.6. The summed E-state index contributed by atoms with van der Waals surface area (Å²) in [7, 11) is 1.71. The van der Waals surface area contributed by atoms with E-state index in [9.17, 15) is 24.6 Å². The van der Waals surface area contributed by atoms with Gasteiger partial charge in [-0.25, -0.2) is 0 Å². The van der Waals surface area contributed by atoms with Gasteiger partial charge in [0.1, 0.15) is 5.54 Å². The molecule has 2 aromatic carbocycles. The fourth-order valence-electron chi connectivity index (χ4n) is 5.99. The molecule has 0 aliphatic carbocycles. The number of aliphatic hydroxyl groups excluding tert-OH is 2. The second-order valence-corrected chi connectivity index (χ2v) is 13.6. The summed E-state index contributed by atoms with van der Waals surface area (Å²) in [4.78, 5) is 43.9.